The molecule has 3 atom stereocenters. The third-order valence-corrected chi connectivity index (χ3v) is 5.40. The van der Waals surface area contributed by atoms with Crippen LogP contribution in [0.2, 0.25) is 0 Å². The lowest BCUT2D eigenvalue weighted by Gasteiger charge is -2.09. The van der Waals surface area contributed by atoms with E-state index in [9.17, 15) is 0 Å². The molecule has 0 aliphatic heterocycles. The Hall–Kier alpha value is -1.13. The van der Waals surface area contributed by atoms with Crippen LogP contribution in [0.5, 0.6) is 0 Å². The second kappa shape index (κ2) is 5.34. The van der Waals surface area contributed by atoms with E-state index in [-0.39, 0.29) is 0 Å². The maximum Gasteiger partial charge on any atom is 0.162 e. The van der Waals surface area contributed by atoms with E-state index in [1.807, 2.05) is 0 Å². The number of aryl methyl sites for hydroxylation is 1. The van der Waals surface area contributed by atoms with Gasteiger partial charge in [0.1, 0.15) is 5.76 Å². The molecule has 0 aromatic carbocycles. The largest absolute Gasteiger partial charge is 0.458 e. The van der Waals surface area contributed by atoms with E-state index in [1.54, 1.807) is 11.3 Å². The van der Waals surface area contributed by atoms with Crippen LogP contribution >= 0.6 is 11.3 Å². The summed E-state index contributed by atoms with van der Waals surface area (Å²) in [6.07, 6.45) is 1.26. The minimum atomic E-state index is 0.351. The average Bonchev–Trinajstić information content (AvgIpc) is 2.84. The highest BCUT2D eigenvalue weighted by atomic mass is 32.1. The first kappa shape index (κ1) is 13.8. The molecular formula is C16H22N2OS. The van der Waals surface area contributed by atoms with Crippen molar-refractivity contribution in [2.45, 2.75) is 46.1 Å². The smallest absolute Gasteiger partial charge is 0.162 e. The molecule has 0 radical (unpaired) electrons. The third-order valence-electron chi connectivity index (χ3n) is 4.05. The molecular weight excluding hydrogens is 268 g/mol. The van der Waals surface area contributed by atoms with Crippen molar-refractivity contribution in [3.05, 3.63) is 28.5 Å². The Kier molecular flexibility index (Phi) is 3.69. The van der Waals surface area contributed by atoms with Gasteiger partial charge in [-0.25, -0.2) is 4.98 Å². The molecule has 1 saturated carbocycles. The van der Waals surface area contributed by atoms with Crippen molar-refractivity contribution in [1.29, 1.82) is 0 Å². The Labute approximate surface area is 124 Å². The predicted octanol–water partition coefficient (Wildman–Crippen LogP) is 4.51. The fourth-order valence-electron chi connectivity index (χ4n) is 2.70. The highest BCUT2D eigenvalue weighted by molar-refractivity contribution is 7.15. The average molecular weight is 290 g/mol. The molecule has 1 aliphatic rings. The molecule has 2 aromatic heterocycles. The second-order valence-electron chi connectivity index (χ2n) is 5.77. The van der Waals surface area contributed by atoms with Gasteiger partial charge >= 0.3 is 0 Å². The van der Waals surface area contributed by atoms with Crippen molar-refractivity contribution in [3.63, 3.8) is 0 Å². The molecule has 1 N–H and O–H groups in total. The first-order valence-electron chi connectivity index (χ1n) is 7.41. The summed E-state index contributed by atoms with van der Waals surface area (Å²) in [6, 6.07) is 4.54. The van der Waals surface area contributed by atoms with E-state index >= 15 is 0 Å². The van der Waals surface area contributed by atoms with Crippen LogP contribution in [-0.2, 0) is 0 Å². The lowest BCUT2D eigenvalue weighted by Crippen LogP contribution is -2.17. The van der Waals surface area contributed by atoms with Gasteiger partial charge in [-0.1, -0.05) is 13.8 Å². The fraction of sp³-hybridized carbons (Fsp3) is 0.562. The lowest BCUT2D eigenvalue weighted by molar-refractivity contribution is 0.518. The number of furan rings is 1. The van der Waals surface area contributed by atoms with E-state index in [2.05, 4.69) is 50.1 Å². The molecule has 20 heavy (non-hydrogen) atoms. The summed E-state index contributed by atoms with van der Waals surface area (Å²) in [7, 11) is 0. The molecule has 3 rings (SSSR count). The van der Waals surface area contributed by atoms with E-state index < -0.39 is 0 Å². The highest BCUT2D eigenvalue weighted by Gasteiger charge is 2.36. The van der Waals surface area contributed by atoms with E-state index in [1.165, 1.54) is 11.3 Å². The van der Waals surface area contributed by atoms with Gasteiger partial charge in [-0.15, -0.1) is 11.3 Å². The molecule has 0 bridgehead atoms. The molecule has 4 heteroatoms. The molecule has 3 nitrogen and oxygen atoms in total. The van der Waals surface area contributed by atoms with Gasteiger partial charge in [0.15, 0.2) is 10.8 Å². The first-order chi connectivity index (χ1) is 9.60. The maximum absolute atomic E-state index is 6.00. The zero-order chi connectivity index (χ0) is 14.3. The maximum atomic E-state index is 6.00. The Morgan fingerprint density at radius 3 is 2.90 bits per heavy atom. The van der Waals surface area contributed by atoms with Crippen molar-refractivity contribution < 1.29 is 4.42 Å². The standard InChI is InChI=1S/C16H22N2OS/c1-5-17-10(3)15-11(4)18-16(20-15)14-7-6-13(19-14)12-8-9(12)2/h6-7,9-10,12,17H,5,8H2,1-4H3. The monoisotopic (exact) mass is 290 g/mol. The number of nitrogens with zero attached hydrogens (tertiary/aromatic N) is 1. The van der Waals surface area contributed by atoms with Crippen LogP contribution in [0.4, 0.5) is 0 Å². The minimum Gasteiger partial charge on any atom is -0.458 e. The van der Waals surface area contributed by atoms with Crippen LogP contribution in [0.25, 0.3) is 10.8 Å². The van der Waals surface area contributed by atoms with Crippen LogP contribution in [-0.4, -0.2) is 11.5 Å². The zero-order valence-corrected chi connectivity index (χ0v) is 13.4. The summed E-state index contributed by atoms with van der Waals surface area (Å²) in [5.41, 5.74) is 1.11. The van der Waals surface area contributed by atoms with Crippen LogP contribution in [0.3, 0.4) is 0 Å². The van der Waals surface area contributed by atoms with Gasteiger partial charge in [0, 0.05) is 16.8 Å². The Morgan fingerprint density at radius 2 is 2.25 bits per heavy atom. The molecule has 108 valence electrons. The first-order valence-corrected chi connectivity index (χ1v) is 8.22. The van der Waals surface area contributed by atoms with Crippen molar-refractivity contribution in [2.75, 3.05) is 6.54 Å². The topological polar surface area (TPSA) is 38.1 Å². The number of aromatic nitrogens is 1. The molecule has 3 unspecified atom stereocenters. The fourth-order valence-corrected chi connectivity index (χ4v) is 3.75. The van der Waals surface area contributed by atoms with E-state index in [0.29, 0.717) is 12.0 Å². The zero-order valence-electron chi connectivity index (χ0n) is 12.6. The lowest BCUT2D eigenvalue weighted by atomic mass is 10.2. The number of thiazole rings is 1. The predicted molar refractivity (Wildman–Crippen MR) is 83.2 cm³/mol. The second-order valence-corrected chi connectivity index (χ2v) is 6.80. The van der Waals surface area contributed by atoms with Crippen LogP contribution in [0.1, 0.15) is 55.5 Å². The molecule has 0 spiro atoms. The quantitative estimate of drug-likeness (QED) is 0.880. The van der Waals surface area contributed by atoms with Crippen LogP contribution in [0.15, 0.2) is 16.5 Å². The molecule has 0 saturated heterocycles. The van der Waals surface area contributed by atoms with Crippen LogP contribution < -0.4 is 5.32 Å². The minimum absolute atomic E-state index is 0.351. The van der Waals surface area contributed by atoms with E-state index in [4.69, 9.17) is 4.42 Å². The van der Waals surface area contributed by atoms with Crippen molar-refractivity contribution >= 4 is 11.3 Å². The highest BCUT2D eigenvalue weighted by Crippen LogP contribution is 2.48. The summed E-state index contributed by atoms with van der Waals surface area (Å²) in [5.74, 6) is 3.45. The van der Waals surface area contributed by atoms with Gasteiger partial charge < -0.3 is 9.73 Å². The van der Waals surface area contributed by atoms with Gasteiger partial charge in [-0.3, -0.25) is 0 Å². The summed E-state index contributed by atoms with van der Waals surface area (Å²) in [6.45, 7) is 9.64. The molecule has 1 fully saturated rings. The SMILES string of the molecule is CCNC(C)c1sc(-c2ccc(C3CC3C)o2)nc1C. The summed E-state index contributed by atoms with van der Waals surface area (Å²) < 4.78 is 6.00. The van der Waals surface area contributed by atoms with Gasteiger partial charge in [-0.2, -0.15) is 0 Å². The van der Waals surface area contributed by atoms with Crippen molar-refractivity contribution in [3.8, 4) is 10.8 Å². The molecule has 2 heterocycles. The molecule has 1 aliphatic carbocycles. The third kappa shape index (κ3) is 2.54. The van der Waals surface area contributed by atoms with Gasteiger partial charge in [0.2, 0.25) is 0 Å². The van der Waals surface area contributed by atoms with Gasteiger partial charge in [0.25, 0.3) is 0 Å². The number of hydrogen-bond acceptors (Lipinski definition) is 4. The molecule has 0 amide bonds. The van der Waals surface area contributed by atoms with E-state index in [0.717, 1.165) is 34.7 Å². The van der Waals surface area contributed by atoms with Gasteiger partial charge in [-0.05, 0) is 44.9 Å². The number of hydrogen-bond donors (Lipinski definition) is 1. The van der Waals surface area contributed by atoms with Gasteiger partial charge in [0.05, 0.1) is 5.69 Å². The Bertz CT molecular complexity index is 601. The number of rotatable bonds is 5. The van der Waals surface area contributed by atoms with Crippen molar-refractivity contribution in [1.82, 2.24) is 10.3 Å². The Morgan fingerprint density at radius 1 is 1.50 bits per heavy atom. The molecule has 2 aromatic rings. The Balaban J connectivity index is 1.83. The normalized spacial score (nSPS) is 23.0. The summed E-state index contributed by atoms with van der Waals surface area (Å²) in [5, 5.41) is 4.45. The van der Waals surface area contributed by atoms with Crippen molar-refractivity contribution in [2.24, 2.45) is 5.92 Å². The van der Waals surface area contributed by atoms with Crippen LogP contribution in [0, 0.1) is 12.8 Å². The number of nitrogens with one attached hydrogen (secondary N) is 1. The summed E-state index contributed by atoms with van der Waals surface area (Å²) in [4.78, 5) is 5.99. The summed E-state index contributed by atoms with van der Waals surface area (Å²) >= 11 is 1.74.